The summed E-state index contributed by atoms with van der Waals surface area (Å²) in [5.41, 5.74) is 0.756. The summed E-state index contributed by atoms with van der Waals surface area (Å²) in [6.45, 7) is 0.353. The molecule has 0 aliphatic carbocycles. The average molecular weight is 260 g/mol. The molecule has 3 aromatic rings. The minimum absolute atomic E-state index is 0.353. The Morgan fingerprint density at radius 2 is 1.89 bits per heavy atom. The van der Waals surface area contributed by atoms with Crippen LogP contribution in [0.4, 0.5) is 0 Å². The molecule has 0 saturated heterocycles. The van der Waals surface area contributed by atoms with Crippen LogP contribution in [-0.2, 0) is 6.61 Å². The van der Waals surface area contributed by atoms with E-state index in [4.69, 9.17) is 16.3 Å². The molecule has 0 amide bonds. The number of rotatable bonds is 3. The van der Waals surface area contributed by atoms with Crippen LogP contribution in [0, 0.1) is 0 Å². The third-order valence-electron chi connectivity index (χ3n) is 2.55. The summed E-state index contributed by atoms with van der Waals surface area (Å²) in [5, 5.41) is 8.77. The topological polar surface area (TPSA) is 39.4 Å². The largest absolute Gasteiger partial charge is 0.486 e. The number of para-hydroxylation sites is 1. The molecule has 4 nitrogen and oxygen atoms in total. The first-order chi connectivity index (χ1) is 8.83. The normalized spacial score (nSPS) is 10.7. The van der Waals surface area contributed by atoms with E-state index in [-0.39, 0.29) is 0 Å². The highest BCUT2D eigenvalue weighted by atomic mass is 35.5. The molecule has 0 unspecified atom stereocenters. The van der Waals surface area contributed by atoms with Crippen molar-refractivity contribution >= 4 is 17.2 Å². The quantitative estimate of drug-likeness (QED) is 0.726. The van der Waals surface area contributed by atoms with E-state index >= 15 is 0 Å². The second kappa shape index (κ2) is 4.66. The maximum absolute atomic E-state index is 5.95. The molecule has 0 N–H and O–H groups in total. The van der Waals surface area contributed by atoms with Gasteiger partial charge in [0.25, 0.3) is 0 Å². The fourth-order valence-electron chi connectivity index (χ4n) is 1.68. The number of hydrogen-bond acceptors (Lipinski definition) is 3. The van der Waals surface area contributed by atoms with Gasteiger partial charge in [-0.2, -0.15) is 0 Å². The van der Waals surface area contributed by atoms with Gasteiger partial charge in [-0.05, 0) is 24.3 Å². The fraction of sp³-hybridized carbons (Fsp3) is 0.0769. The maximum Gasteiger partial charge on any atom is 0.175 e. The van der Waals surface area contributed by atoms with Crippen LogP contribution in [-0.4, -0.2) is 14.6 Å². The smallest absolute Gasteiger partial charge is 0.175 e. The number of aromatic nitrogens is 3. The highest BCUT2D eigenvalue weighted by molar-refractivity contribution is 6.30. The molecule has 2 heterocycles. The predicted molar refractivity (Wildman–Crippen MR) is 68.8 cm³/mol. The van der Waals surface area contributed by atoms with E-state index in [0.717, 1.165) is 17.2 Å². The molecule has 2 aromatic heterocycles. The third-order valence-corrected chi connectivity index (χ3v) is 2.77. The van der Waals surface area contributed by atoms with E-state index in [2.05, 4.69) is 10.2 Å². The Kier molecular flexibility index (Phi) is 2.86. The van der Waals surface area contributed by atoms with Gasteiger partial charge < -0.3 is 4.74 Å². The number of ether oxygens (including phenoxy) is 1. The summed E-state index contributed by atoms with van der Waals surface area (Å²) >= 11 is 5.95. The molecular weight excluding hydrogens is 250 g/mol. The van der Waals surface area contributed by atoms with Crippen LogP contribution in [0.25, 0.3) is 5.65 Å². The number of benzene rings is 1. The summed E-state index contributed by atoms with van der Waals surface area (Å²) in [5.74, 6) is 1.52. The predicted octanol–water partition coefficient (Wildman–Crippen LogP) is 2.96. The van der Waals surface area contributed by atoms with Crippen LogP contribution >= 0.6 is 11.6 Å². The Morgan fingerprint density at radius 3 is 2.72 bits per heavy atom. The number of hydrogen-bond donors (Lipinski definition) is 0. The lowest BCUT2D eigenvalue weighted by Crippen LogP contribution is -2.01. The molecule has 0 aliphatic rings. The molecule has 0 atom stereocenters. The molecule has 5 heteroatoms. The first-order valence-corrected chi connectivity index (χ1v) is 5.88. The van der Waals surface area contributed by atoms with Crippen molar-refractivity contribution in [2.24, 2.45) is 0 Å². The molecule has 0 aliphatic heterocycles. The standard InChI is InChI=1S/C13H10ClN3O/c14-10-6-7-12-15-16-13(17(12)8-10)9-18-11-4-2-1-3-5-11/h1-8H,9H2. The zero-order valence-electron chi connectivity index (χ0n) is 9.45. The molecular formula is C13H10ClN3O. The second-order valence-corrected chi connectivity index (χ2v) is 4.23. The number of nitrogens with zero attached hydrogens (tertiary/aromatic N) is 3. The van der Waals surface area contributed by atoms with E-state index < -0.39 is 0 Å². The SMILES string of the molecule is Clc1ccc2nnc(COc3ccccc3)n2c1. The lowest BCUT2D eigenvalue weighted by atomic mass is 10.3. The molecule has 0 fully saturated rings. The van der Waals surface area contributed by atoms with Gasteiger partial charge in [-0.1, -0.05) is 29.8 Å². The molecule has 0 bridgehead atoms. The van der Waals surface area contributed by atoms with Gasteiger partial charge in [-0.25, -0.2) is 0 Å². The van der Waals surface area contributed by atoms with E-state index in [9.17, 15) is 0 Å². The van der Waals surface area contributed by atoms with Crippen molar-refractivity contribution in [3.8, 4) is 5.75 Å². The molecule has 0 saturated carbocycles. The zero-order chi connectivity index (χ0) is 12.4. The minimum atomic E-state index is 0.353. The van der Waals surface area contributed by atoms with E-state index in [1.165, 1.54) is 0 Å². The van der Waals surface area contributed by atoms with Gasteiger partial charge in [0.1, 0.15) is 12.4 Å². The van der Waals surface area contributed by atoms with Crippen LogP contribution in [0.2, 0.25) is 5.02 Å². The Bertz CT molecular complexity index is 666. The maximum atomic E-state index is 5.95. The van der Waals surface area contributed by atoms with Crippen LogP contribution in [0.5, 0.6) is 5.75 Å². The van der Waals surface area contributed by atoms with Crippen molar-refractivity contribution < 1.29 is 4.74 Å². The van der Waals surface area contributed by atoms with Gasteiger partial charge in [0.05, 0.1) is 5.02 Å². The highest BCUT2D eigenvalue weighted by Gasteiger charge is 2.06. The van der Waals surface area contributed by atoms with Gasteiger partial charge >= 0.3 is 0 Å². The van der Waals surface area contributed by atoms with Crippen molar-refractivity contribution in [2.45, 2.75) is 6.61 Å². The van der Waals surface area contributed by atoms with Gasteiger partial charge in [0.15, 0.2) is 11.5 Å². The van der Waals surface area contributed by atoms with Crippen molar-refractivity contribution in [1.82, 2.24) is 14.6 Å². The lowest BCUT2D eigenvalue weighted by Gasteiger charge is -2.04. The van der Waals surface area contributed by atoms with Crippen LogP contribution < -0.4 is 4.74 Å². The summed E-state index contributed by atoms with van der Waals surface area (Å²) in [4.78, 5) is 0. The molecule has 18 heavy (non-hydrogen) atoms. The highest BCUT2D eigenvalue weighted by Crippen LogP contribution is 2.14. The summed E-state index contributed by atoms with van der Waals surface area (Å²) < 4.78 is 7.46. The van der Waals surface area contributed by atoms with Gasteiger partial charge in [-0.15, -0.1) is 10.2 Å². The summed E-state index contributed by atoms with van der Waals surface area (Å²) in [7, 11) is 0. The third kappa shape index (κ3) is 2.15. The van der Waals surface area contributed by atoms with Crippen molar-refractivity contribution in [3.63, 3.8) is 0 Å². The minimum Gasteiger partial charge on any atom is -0.486 e. The molecule has 3 rings (SSSR count). The number of fused-ring (bicyclic) bond motifs is 1. The first kappa shape index (κ1) is 11.0. The van der Waals surface area contributed by atoms with Crippen LogP contribution in [0.3, 0.4) is 0 Å². The lowest BCUT2D eigenvalue weighted by molar-refractivity contribution is 0.294. The molecule has 0 spiro atoms. The first-order valence-electron chi connectivity index (χ1n) is 5.50. The van der Waals surface area contributed by atoms with E-state index in [1.807, 2.05) is 40.8 Å². The Balaban J connectivity index is 1.85. The van der Waals surface area contributed by atoms with Crippen molar-refractivity contribution in [2.75, 3.05) is 0 Å². The van der Waals surface area contributed by atoms with Crippen LogP contribution in [0.1, 0.15) is 5.82 Å². The molecule has 90 valence electrons. The summed E-state index contributed by atoms with van der Waals surface area (Å²) in [6.07, 6.45) is 1.78. The monoisotopic (exact) mass is 259 g/mol. The molecule has 0 radical (unpaired) electrons. The van der Waals surface area contributed by atoms with Crippen molar-refractivity contribution in [3.05, 3.63) is 59.5 Å². The average Bonchev–Trinajstić information content (AvgIpc) is 2.80. The number of pyridine rings is 1. The fourth-order valence-corrected chi connectivity index (χ4v) is 1.84. The van der Waals surface area contributed by atoms with Gasteiger partial charge in [0, 0.05) is 6.20 Å². The molecule has 1 aromatic carbocycles. The van der Waals surface area contributed by atoms with E-state index in [0.29, 0.717) is 11.6 Å². The van der Waals surface area contributed by atoms with Gasteiger partial charge in [0.2, 0.25) is 0 Å². The Labute approximate surface area is 109 Å². The van der Waals surface area contributed by atoms with E-state index in [1.54, 1.807) is 12.3 Å². The number of halogens is 1. The van der Waals surface area contributed by atoms with Crippen LogP contribution in [0.15, 0.2) is 48.7 Å². The Hall–Kier alpha value is -2.07. The zero-order valence-corrected chi connectivity index (χ0v) is 10.2. The Morgan fingerprint density at radius 1 is 1.06 bits per heavy atom. The summed E-state index contributed by atoms with van der Waals surface area (Å²) in [6, 6.07) is 13.2. The van der Waals surface area contributed by atoms with Gasteiger partial charge in [-0.3, -0.25) is 4.40 Å². The van der Waals surface area contributed by atoms with Crippen molar-refractivity contribution in [1.29, 1.82) is 0 Å². The second-order valence-electron chi connectivity index (χ2n) is 3.79.